The summed E-state index contributed by atoms with van der Waals surface area (Å²) in [5.74, 6) is -1.75. The van der Waals surface area contributed by atoms with Gasteiger partial charge in [0.2, 0.25) is 0 Å². The van der Waals surface area contributed by atoms with Crippen molar-refractivity contribution in [1.82, 2.24) is 0 Å². The Hall–Kier alpha value is -2.43. The zero-order chi connectivity index (χ0) is 15.2. The van der Waals surface area contributed by atoms with Gasteiger partial charge < -0.3 is 10.1 Å². The first-order chi connectivity index (χ1) is 10.1. The lowest BCUT2D eigenvalue weighted by Gasteiger charge is -2.09. The van der Waals surface area contributed by atoms with E-state index in [1.807, 2.05) is 19.1 Å². The quantitative estimate of drug-likeness (QED) is 0.915. The monoisotopic (exact) mass is 291 g/mol. The average molecular weight is 291 g/mol. The van der Waals surface area contributed by atoms with E-state index < -0.39 is 23.2 Å². The maximum absolute atomic E-state index is 13.4. The fourth-order valence-corrected chi connectivity index (χ4v) is 1.76. The summed E-state index contributed by atoms with van der Waals surface area (Å²) in [7, 11) is 0. The van der Waals surface area contributed by atoms with Crippen LogP contribution in [0.4, 0.5) is 14.5 Å². The highest BCUT2D eigenvalue weighted by Crippen LogP contribution is 2.18. The van der Waals surface area contributed by atoms with Crippen molar-refractivity contribution in [2.75, 3.05) is 11.9 Å². The summed E-state index contributed by atoms with van der Waals surface area (Å²) in [6.07, 6.45) is 0.910. The van der Waals surface area contributed by atoms with Crippen LogP contribution in [0, 0.1) is 11.6 Å². The summed E-state index contributed by atoms with van der Waals surface area (Å²) in [5.41, 5.74) is 0.688. The summed E-state index contributed by atoms with van der Waals surface area (Å²) < 4.78 is 32.0. The average Bonchev–Trinajstić information content (AvgIpc) is 2.49. The van der Waals surface area contributed by atoms with E-state index in [1.165, 1.54) is 6.07 Å². The Morgan fingerprint density at radius 1 is 1.10 bits per heavy atom. The lowest BCUT2D eigenvalue weighted by molar-refractivity contribution is -0.118. The van der Waals surface area contributed by atoms with Crippen molar-refractivity contribution < 1.29 is 18.3 Å². The third-order valence-electron chi connectivity index (χ3n) is 2.93. The molecule has 110 valence electrons. The molecule has 0 spiro atoms. The van der Waals surface area contributed by atoms with Crippen molar-refractivity contribution in [3.8, 4) is 5.75 Å². The van der Waals surface area contributed by atoms with Crippen LogP contribution in [0.1, 0.15) is 12.5 Å². The molecule has 0 aliphatic rings. The summed E-state index contributed by atoms with van der Waals surface area (Å²) >= 11 is 0. The van der Waals surface area contributed by atoms with Gasteiger partial charge >= 0.3 is 0 Å². The minimum atomic E-state index is -0.823. The molecular weight excluding hydrogens is 276 g/mol. The number of halogens is 2. The van der Waals surface area contributed by atoms with E-state index in [0.29, 0.717) is 5.75 Å². The molecule has 0 aromatic heterocycles. The number of benzene rings is 2. The molecule has 5 heteroatoms. The van der Waals surface area contributed by atoms with Gasteiger partial charge in [0.15, 0.2) is 6.61 Å². The highest BCUT2D eigenvalue weighted by molar-refractivity contribution is 5.92. The molecule has 0 aliphatic heterocycles. The van der Waals surface area contributed by atoms with Crippen LogP contribution in [0.3, 0.4) is 0 Å². The predicted molar refractivity (Wildman–Crippen MR) is 76.3 cm³/mol. The number of anilines is 1. The number of hydrogen-bond acceptors (Lipinski definition) is 2. The second-order valence-electron chi connectivity index (χ2n) is 4.43. The summed E-state index contributed by atoms with van der Waals surface area (Å²) in [5, 5.41) is 2.16. The maximum Gasteiger partial charge on any atom is 0.262 e. The second kappa shape index (κ2) is 6.83. The van der Waals surface area contributed by atoms with E-state index in [9.17, 15) is 13.6 Å². The van der Waals surface area contributed by atoms with E-state index >= 15 is 0 Å². The number of carbonyl (C=O) groups excluding carboxylic acids is 1. The van der Waals surface area contributed by atoms with Crippen molar-refractivity contribution in [1.29, 1.82) is 0 Å². The summed E-state index contributed by atoms with van der Waals surface area (Å²) in [6.45, 7) is 1.71. The number of carbonyl (C=O) groups is 1. The van der Waals surface area contributed by atoms with Gasteiger partial charge in [-0.3, -0.25) is 4.79 Å². The van der Waals surface area contributed by atoms with Crippen LogP contribution < -0.4 is 10.1 Å². The molecule has 0 heterocycles. The van der Waals surface area contributed by atoms with Crippen LogP contribution in [0.5, 0.6) is 5.75 Å². The standard InChI is InChI=1S/C16H15F2NO2/c1-2-11-6-8-12(9-7-11)21-10-15(20)19-16-13(17)4-3-5-14(16)18/h3-9H,2,10H2,1H3,(H,19,20). The maximum atomic E-state index is 13.4. The molecule has 0 saturated carbocycles. The molecule has 0 atom stereocenters. The molecule has 0 saturated heterocycles. The molecule has 2 aromatic carbocycles. The molecule has 1 N–H and O–H groups in total. The number of aryl methyl sites for hydroxylation is 1. The van der Waals surface area contributed by atoms with Crippen molar-refractivity contribution in [3.63, 3.8) is 0 Å². The van der Waals surface area contributed by atoms with Crippen LogP contribution in [-0.4, -0.2) is 12.5 Å². The molecule has 0 fully saturated rings. The van der Waals surface area contributed by atoms with Gasteiger partial charge in [0.1, 0.15) is 23.1 Å². The largest absolute Gasteiger partial charge is 0.484 e. The smallest absolute Gasteiger partial charge is 0.262 e. The van der Waals surface area contributed by atoms with Crippen LogP contribution >= 0.6 is 0 Å². The zero-order valence-corrected chi connectivity index (χ0v) is 11.5. The molecule has 21 heavy (non-hydrogen) atoms. The Morgan fingerprint density at radius 3 is 2.29 bits per heavy atom. The van der Waals surface area contributed by atoms with E-state index in [4.69, 9.17) is 4.74 Å². The molecule has 0 bridgehead atoms. The molecular formula is C16H15F2NO2. The van der Waals surface area contributed by atoms with E-state index in [2.05, 4.69) is 5.32 Å². The first kappa shape index (κ1) is 15.0. The molecule has 3 nitrogen and oxygen atoms in total. The Kier molecular flexibility index (Phi) is 4.87. The number of rotatable bonds is 5. The highest BCUT2D eigenvalue weighted by Gasteiger charge is 2.12. The normalized spacial score (nSPS) is 10.2. The second-order valence-corrected chi connectivity index (χ2v) is 4.43. The van der Waals surface area contributed by atoms with Crippen LogP contribution in [0.25, 0.3) is 0 Å². The Morgan fingerprint density at radius 2 is 1.71 bits per heavy atom. The van der Waals surface area contributed by atoms with E-state index in [1.54, 1.807) is 12.1 Å². The van der Waals surface area contributed by atoms with E-state index in [0.717, 1.165) is 24.1 Å². The van der Waals surface area contributed by atoms with Crippen molar-refractivity contribution in [2.24, 2.45) is 0 Å². The van der Waals surface area contributed by atoms with Gasteiger partial charge in [-0.25, -0.2) is 8.78 Å². The molecule has 2 rings (SSSR count). The van der Waals surface area contributed by atoms with Gasteiger partial charge in [0, 0.05) is 0 Å². The molecule has 1 amide bonds. The number of nitrogens with one attached hydrogen (secondary N) is 1. The van der Waals surface area contributed by atoms with Crippen molar-refractivity contribution >= 4 is 11.6 Å². The first-order valence-electron chi connectivity index (χ1n) is 6.55. The van der Waals surface area contributed by atoms with Crippen LogP contribution in [0.15, 0.2) is 42.5 Å². The first-order valence-corrected chi connectivity index (χ1v) is 6.55. The Bertz CT molecular complexity index is 606. The number of hydrogen-bond donors (Lipinski definition) is 1. The topological polar surface area (TPSA) is 38.3 Å². The third kappa shape index (κ3) is 4.02. The van der Waals surface area contributed by atoms with Gasteiger partial charge in [-0.1, -0.05) is 25.1 Å². The van der Waals surface area contributed by atoms with Gasteiger partial charge in [-0.15, -0.1) is 0 Å². The molecule has 0 radical (unpaired) electrons. The fourth-order valence-electron chi connectivity index (χ4n) is 1.76. The lowest BCUT2D eigenvalue weighted by Crippen LogP contribution is -2.21. The van der Waals surface area contributed by atoms with Gasteiger partial charge in [-0.05, 0) is 36.2 Å². The van der Waals surface area contributed by atoms with Crippen molar-refractivity contribution in [2.45, 2.75) is 13.3 Å². The number of ether oxygens (including phenoxy) is 1. The van der Waals surface area contributed by atoms with Crippen LogP contribution in [0.2, 0.25) is 0 Å². The molecule has 0 aliphatic carbocycles. The predicted octanol–water partition coefficient (Wildman–Crippen LogP) is 3.54. The Balaban J connectivity index is 1.92. The number of amides is 1. The zero-order valence-electron chi connectivity index (χ0n) is 11.5. The highest BCUT2D eigenvalue weighted by atomic mass is 19.1. The molecule has 2 aromatic rings. The fraction of sp³-hybridized carbons (Fsp3) is 0.188. The van der Waals surface area contributed by atoms with E-state index in [-0.39, 0.29) is 6.61 Å². The van der Waals surface area contributed by atoms with Gasteiger partial charge in [0.25, 0.3) is 5.91 Å². The lowest BCUT2D eigenvalue weighted by atomic mass is 10.2. The minimum Gasteiger partial charge on any atom is -0.484 e. The summed E-state index contributed by atoms with van der Waals surface area (Å²) in [4.78, 5) is 11.6. The Labute approximate surface area is 121 Å². The van der Waals surface area contributed by atoms with Gasteiger partial charge in [0.05, 0.1) is 0 Å². The van der Waals surface area contributed by atoms with Crippen LogP contribution in [-0.2, 0) is 11.2 Å². The van der Waals surface area contributed by atoms with Crippen molar-refractivity contribution in [3.05, 3.63) is 59.7 Å². The number of para-hydroxylation sites is 1. The van der Waals surface area contributed by atoms with Gasteiger partial charge in [-0.2, -0.15) is 0 Å². The minimum absolute atomic E-state index is 0.320. The third-order valence-corrected chi connectivity index (χ3v) is 2.93. The molecule has 0 unspecified atom stereocenters. The summed E-state index contributed by atoms with van der Waals surface area (Å²) in [6, 6.07) is 10.7. The SMILES string of the molecule is CCc1ccc(OCC(=O)Nc2c(F)cccc2F)cc1.